The maximum Gasteiger partial charge on any atom is 0.123 e. The van der Waals surface area contributed by atoms with Gasteiger partial charge in [-0.3, -0.25) is 0 Å². The van der Waals surface area contributed by atoms with Crippen molar-refractivity contribution >= 4 is 0 Å². The third kappa shape index (κ3) is 4.13. The first-order valence-corrected chi connectivity index (χ1v) is 7.41. The van der Waals surface area contributed by atoms with Gasteiger partial charge in [0.05, 0.1) is 6.04 Å². The molecule has 0 spiro atoms. The Kier molecular flexibility index (Phi) is 5.90. The quantitative estimate of drug-likeness (QED) is 0.822. The second-order valence-corrected chi connectivity index (χ2v) is 4.87. The van der Waals surface area contributed by atoms with Crippen LogP contribution in [0.5, 0.6) is 0 Å². The highest BCUT2D eigenvalue weighted by Gasteiger charge is 2.24. The number of nitrogens with one attached hydrogen (secondary N) is 1. The van der Waals surface area contributed by atoms with Crippen LogP contribution in [0.3, 0.4) is 0 Å². The summed E-state index contributed by atoms with van der Waals surface area (Å²) in [6.07, 6.45) is -0.0957. The molecule has 21 heavy (non-hydrogen) atoms. The molecule has 0 amide bonds. The van der Waals surface area contributed by atoms with E-state index >= 15 is 0 Å². The van der Waals surface area contributed by atoms with E-state index in [1.165, 1.54) is 12.1 Å². The van der Waals surface area contributed by atoms with Gasteiger partial charge in [0.25, 0.3) is 0 Å². The summed E-state index contributed by atoms with van der Waals surface area (Å²) in [5.74, 6) is -0.221. The Labute approximate surface area is 126 Å². The van der Waals surface area contributed by atoms with E-state index in [0.29, 0.717) is 6.61 Å². The van der Waals surface area contributed by atoms with Crippen molar-refractivity contribution in [3.8, 4) is 0 Å². The lowest BCUT2D eigenvalue weighted by Crippen LogP contribution is -2.28. The average Bonchev–Trinajstić information content (AvgIpc) is 2.53. The van der Waals surface area contributed by atoms with E-state index in [-0.39, 0.29) is 18.0 Å². The molecule has 2 aromatic rings. The van der Waals surface area contributed by atoms with Crippen LogP contribution in [-0.2, 0) is 4.74 Å². The minimum atomic E-state index is -0.221. The lowest BCUT2D eigenvalue weighted by Gasteiger charge is -2.28. The van der Waals surface area contributed by atoms with Crippen molar-refractivity contribution in [3.05, 3.63) is 71.5 Å². The Morgan fingerprint density at radius 3 is 2.19 bits per heavy atom. The van der Waals surface area contributed by atoms with Gasteiger partial charge in [-0.25, -0.2) is 4.39 Å². The smallest absolute Gasteiger partial charge is 0.123 e. The van der Waals surface area contributed by atoms with Gasteiger partial charge >= 0.3 is 0 Å². The van der Waals surface area contributed by atoms with Gasteiger partial charge < -0.3 is 10.1 Å². The van der Waals surface area contributed by atoms with Gasteiger partial charge in [0.15, 0.2) is 0 Å². The van der Waals surface area contributed by atoms with Gasteiger partial charge in [-0.15, -0.1) is 0 Å². The number of ether oxygens (including phenoxy) is 1. The fourth-order valence-corrected chi connectivity index (χ4v) is 2.50. The van der Waals surface area contributed by atoms with Gasteiger partial charge in [0, 0.05) is 6.61 Å². The molecule has 112 valence electrons. The van der Waals surface area contributed by atoms with Crippen LogP contribution in [0, 0.1) is 5.82 Å². The monoisotopic (exact) mass is 287 g/mol. The molecule has 3 heteroatoms. The summed E-state index contributed by atoms with van der Waals surface area (Å²) < 4.78 is 19.1. The number of hydrogen-bond donors (Lipinski definition) is 1. The first-order chi connectivity index (χ1) is 10.3. The molecule has 0 aromatic heterocycles. The maximum absolute atomic E-state index is 13.2. The molecule has 0 saturated heterocycles. The largest absolute Gasteiger partial charge is 0.372 e. The van der Waals surface area contributed by atoms with E-state index in [4.69, 9.17) is 4.74 Å². The predicted octanol–water partition coefficient (Wildman–Crippen LogP) is 4.25. The Morgan fingerprint density at radius 2 is 1.62 bits per heavy atom. The molecule has 2 rings (SSSR count). The van der Waals surface area contributed by atoms with Crippen LogP contribution in [0.25, 0.3) is 0 Å². The lowest BCUT2D eigenvalue weighted by molar-refractivity contribution is 0.0331. The summed E-state index contributed by atoms with van der Waals surface area (Å²) in [4.78, 5) is 0. The van der Waals surface area contributed by atoms with Gasteiger partial charge in [-0.05, 0) is 36.7 Å². The fourth-order valence-electron chi connectivity index (χ4n) is 2.50. The number of hydrogen-bond acceptors (Lipinski definition) is 2. The standard InChI is InChI=1S/C18H22FNO/c1-3-20-17(14-10-12-16(19)13-11-14)18(21-4-2)15-8-6-5-7-9-15/h5-13,17-18,20H,3-4H2,1-2H3. The Morgan fingerprint density at radius 1 is 0.952 bits per heavy atom. The summed E-state index contributed by atoms with van der Waals surface area (Å²) in [5, 5.41) is 3.45. The van der Waals surface area contributed by atoms with E-state index in [1.54, 1.807) is 0 Å². The zero-order valence-electron chi connectivity index (χ0n) is 12.6. The van der Waals surface area contributed by atoms with Gasteiger partial charge in [-0.2, -0.15) is 0 Å². The van der Waals surface area contributed by atoms with E-state index in [1.807, 2.05) is 37.3 Å². The predicted molar refractivity (Wildman–Crippen MR) is 83.6 cm³/mol. The zero-order chi connectivity index (χ0) is 15.1. The third-order valence-electron chi connectivity index (χ3n) is 3.43. The second kappa shape index (κ2) is 7.91. The maximum atomic E-state index is 13.2. The molecule has 0 heterocycles. The molecule has 2 aromatic carbocycles. The second-order valence-electron chi connectivity index (χ2n) is 4.87. The SMILES string of the molecule is CCNC(c1ccc(F)cc1)C(OCC)c1ccccc1. The van der Waals surface area contributed by atoms with E-state index in [0.717, 1.165) is 17.7 Å². The van der Waals surface area contributed by atoms with E-state index in [2.05, 4.69) is 24.4 Å². The summed E-state index contributed by atoms with van der Waals surface area (Å²) in [7, 11) is 0. The molecule has 1 N–H and O–H groups in total. The van der Waals surface area contributed by atoms with Gasteiger partial charge in [0.2, 0.25) is 0 Å². The van der Waals surface area contributed by atoms with Crippen LogP contribution in [0.2, 0.25) is 0 Å². The molecule has 0 aliphatic rings. The first kappa shape index (κ1) is 15.7. The van der Waals surface area contributed by atoms with Crippen LogP contribution in [0.1, 0.15) is 37.1 Å². The number of benzene rings is 2. The highest BCUT2D eigenvalue weighted by atomic mass is 19.1. The third-order valence-corrected chi connectivity index (χ3v) is 3.43. The van der Waals surface area contributed by atoms with Crippen molar-refractivity contribution in [2.24, 2.45) is 0 Å². The van der Waals surface area contributed by atoms with Crippen molar-refractivity contribution in [3.63, 3.8) is 0 Å². The van der Waals surface area contributed by atoms with E-state index < -0.39 is 0 Å². The van der Waals surface area contributed by atoms with Crippen LogP contribution in [0.4, 0.5) is 4.39 Å². The highest BCUT2D eigenvalue weighted by molar-refractivity contribution is 5.27. The van der Waals surface area contributed by atoms with Crippen LogP contribution in [0.15, 0.2) is 54.6 Å². The molecule has 0 aliphatic carbocycles. The summed E-state index contributed by atoms with van der Waals surface area (Å²) in [6, 6.07) is 16.8. The van der Waals surface area contributed by atoms with Crippen LogP contribution >= 0.6 is 0 Å². The van der Waals surface area contributed by atoms with Crippen molar-refractivity contribution in [1.82, 2.24) is 5.32 Å². The molecule has 2 nitrogen and oxygen atoms in total. The van der Waals surface area contributed by atoms with Crippen molar-refractivity contribution in [2.45, 2.75) is 26.0 Å². The van der Waals surface area contributed by atoms with Gasteiger partial charge in [0.1, 0.15) is 11.9 Å². The molecule has 2 atom stereocenters. The Bertz CT molecular complexity index is 527. The van der Waals surface area contributed by atoms with Crippen molar-refractivity contribution < 1.29 is 9.13 Å². The molecular formula is C18H22FNO. The average molecular weight is 287 g/mol. The summed E-state index contributed by atoms with van der Waals surface area (Å²) in [6.45, 7) is 5.50. The first-order valence-electron chi connectivity index (χ1n) is 7.41. The van der Waals surface area contributed by atoms with Crippen LogP contribution in [-0.4, -0.2) is 13.2 Å². The highest BCUT2D eigenvalue weighted by Crippen LogP contribution is 2.32. The van der Waals surface area contributed by atoms with Crippen LogP contribution < -0.4 is 5.32 Å². The molecule has 0 bridgehead atoms. The number of rotatable bonds is 7. The number of halogens is 1. The van der Waals surface area contributed by atoms with Gasteiger partial charge in [-0.1, -0.05) is 49.4 Å². The van der Waals surface area contributed by atoms with E-state index in [9.17, 15) is 4.39 Å². The molecular weight excluding hydrogens is 265 g/mol. The molecule has 2 unspecified atom stereocenters. The number of likely N-dealkylation sites (N-methyl/N-ethyl adjacent to an activating group) is 1. The van der Waals surface area contributed by atoms with Crippen molar-refractivity contribution in [1.29, 1.82) is 0 Å². The zero-order valence-corrected chi connectivity index (χ0v) is 12.6. The fraction of sp³-hybridized carbons (Fsp3) is 0.333. The minimum absolute atomic E-state index is 0.00190. The lowest BCUT2D eigenvalue weighted by atomic mass is 9.95. The Balaban J connectivity index is 2.34. The molecule has 0 radical (unpaired) electrons. The normalized spacial score (nSPS) is 13.9. The molecule has 0 aliphatic heterocycles. The molecule has 0 saturated carbocycles. The minimum Gasteiger partial charge on any atom is -0.372 e. The Hall–Kier alpha value is -1.71. The summed E-state index contributed by atoms with van der Waals surface area (Å²) >= 11 is 0. The topological polar surface area (TPSA) is 21.3 Å². The summed E-state index contributed by atoms with van der Waals surface area (Å²) in [5.41, 5.74) is 2.15. The van der Waals surface area contributed by atoms with Crippen molar-refractivity contribution in [2.75, 3.05) is 13.2 Å². The molecule has 0 fully saturated rings.